The summed E-state index contributed by atoms with van der Waals surface area (Å²) in [6.45, 7) is 0. The SMILES string of the molecule is CNC1CCC(NS(=O)(=O)C2CCC2)CC1. The lowest BCUT2D eigenvalue weighted by molar-refractivity contribution is 0.339. The van der Waals surface area contributed by atoms with Crippen LogP contribution in [0.1, 0.15) is 44.9 Å². The molecule has 0 heterocycles. The van der Waals surface area contributed by atoms with Gasteiger partial charge in [0.2, 0.25) is 10.0 Å². The van der Waals surface area contributed by atoms with Crippen LogP contribution in [0.4, 0.5) is 0 Å². The van der Waals surface area contributed by atoms with E-state index in [1.165, 1.54) is 0 Å². The Morgan fingerprint density at radius 2 is 1.50 bits per heavy atom. The predicted molar refractivity (Wildman–Crippen MR) is 64.8 cm³/mol. The third-order valence-corrected chi connectivity index (χ3v) is 5.97. The maximum atomic E-state index is 11.9. The topological polar surface area (TPSA) is 58.2 Å². The molecule has 2 aliphatic rings. The molecule has 16 heavy (non-hydrogen) atoms. The summed E-state index contributed by atoms with van der Waals surface area (Å²) in [6, 6.07) is 0.750. The van der Waals surface area contributed by atoms with Crippen molar-refractivity contribution in [3.8, 4) is 0 Å². The molecule has 0 radical (unpaired) electrons. The highest BCUT2D eigenvalue weighted by atomic mass is 32.2. The van der Waals surface area contributed by atoms with E-state index < -0.39 is 10.0 Å². The van der Waals surface area contributed by atoms with Gasteiger partial charge in [-0.3, -0.25) is 0 Å². The lowest BCUT2D eigenvalue weighted by Gasteiger charge is -2.32. The van der Waals surface area contributed by atoms with Gasteiger partial charge < -0.3 is 5.32 Å². The summed E-state index contributed by atoms with van der Waals surface area (Å²) < 4.78 is 26.7. The Balaban J connectivity index is 1.82. The van der Waals surface area contributed by atoms with Crippen molar-refractivity contribution < 1.29 is 8.42 Å². The first-order valence-corrected chi connectivity index (χ1v) is 7.85. The van der Waals surface area contributed by atoms with E-state index in [2.05, 4.69) is 10.0 Å². The standard InChI is InChI=1S/C11H22N2O2S/c1-12-9-5-7-10(8-6-9)13-16(14,15)11-3-2-4-11/h9-13H,2-8H2,1H3. The molecule has 0 amide bonds. The Morgan fingerprint density at radius 1 is 0.938 bits per heavy atom. The van der Waals surface area contributed by atoms with Gasteiger partial charge in [0.25, 0.3) is 0 Å². The van der Waals surface area contributed by atoms with Gasteiger partial charge in [0.15, 0.2) is 0 Å². The van der Waals surface area contributed by atoms with Gasteiger partial charge >= 0.3 is 0 Å². The molecular weight excluding hydrogens is 224 g/mol. The zero-order valence-electron chi connectivity index (χ0n) is 9.91. The fourth-order valence-electron chi connectivity index (χ4n) is 2.51. The van der Waals surface area contributed by atoms with Crippen LogP contribution in [0, 0.1) is 0 Å². The van der Waals surface area contributed by atoms with Gasteiger partial charge in [0, 0.05) is 12.1 Å². The number of nitrogens with one attached hydrogen (secondary N) is 2. The van der Waals surface area contributed by atoms with Crippen LogP contribution in [0.15, 0.2) is 0 Å². The highest BCUT2D eigenvalue weighted by Gasteiger charge is 2.33. The van der Waals surface area contributed by atoms with E-state index >= 15 is 0 Å². The minimum Gasteiger partial charge on any atom is -0.317 e. The molecule has 0 aromatic carbocycles. The van der Waals surface area contributed by atoms with Crippen LogP contribution in [-0.4, -0.2) is 32.8 Å². The molecule has 0 bridgehead atoms. The highest BCUT2D eigenvalue weighted by molar-refractivity contribution is 7.90. The highest BCUT2D eigenvalue weighted by Crippen LogP contribution is 2.27. The maximum Gasteiger partial charge on any atom is 0.214 e. The third kappa shape index (κ3) is 2.76. The van der Waals surface area contributed by atoms with Gasteiger partial charge in [-0.15, -0.1) is 0 Å². The lowest BCUT2D eigenvalue weighted by atomic mass is 9.92. The van der Waals surface area contributed by atoms with Crippen LogP contribution in [0.25, 0.3) is 0 Å². The van der Waals surface area contributed by atoms with Crippen molar-refractivity contribution in [2.24, 2.45) is 0 Å². The molecule has 0 aromatic heterocycles. The van der Waals surface area contributed by atoms with E-state index in [0.29, 0.717) is 6.04 Å². The van der Waals surface area contributed by atoms with Gasteiger partial charge in [-0.2, -0.15) is 0 Å². The molecule has 0 unspecified atom stereocenters. The van der Waals surface area contributed by atoms with Crippen molar-refractivity contribution in [2.45, 2.75) is 62.3 Å². The van der Waals surface area contributed by atoms with Crippen molar-refractivity contribution in [3.63, 3.8) is 0 Å². The average Bonchev–Trinajstić information content (AvgIpc) is 2.14. The molecule has 2 fully saturated rings. The predicted octanol–water partition coefficient (Wildman–Crippen LogP) is 0.989. The Labute approximate surface area is 98.2 Å². The second-order valence-corrected chi connectivity index (χ2v) is 7.05. The summed E-state index contributed by atoms with van der Waals surface area (Å²) in [5.74, 6) is 0. The quantitative estimate of drug-likeness (QED) is 0.777. The first-order valence-electron chi connectivity index (χ1n) is 6.30. The molecule has 2 rings (SSSR count). The van der Waals surface area contributed by atoms with Gasteiger partial charge in [-0.1, -0.05) is 6.42 Å². The van der Waals surface area contributed by atoms with Gasteiger partial charge in [0.05, 0.1) is 5.25 Å². The average molecular weight is 246 g/mol. The van der Waals surface area contributed by atoms with Crippen LogP contribution >= 0.6 is 0 Å². The number of rotatable bonds is 4. The Bertz CT molecular complexity index is 317. The normalized spacial score (nSPS) is 32.3. The van der Waals surface area contributed by atoms with Gasteiger partial charge in [0.1, 0.15) is 0 Å². The number of hydrogen-bond donors (Lipinski definition) is 2. The van der Waals surface area contributed by atoms with E-state index in [1.807, 2.05) is 7.05 Å². The molecule has 2 saturated carbocycles. The molecule has 4 nitrogen and oxygen atoms in total. The van der Waals surface area contributed by atoms with E-state index in [0.717, 1.165) is 44.9 Å². The molecule has 0 atom stereocenters. The summed E-state index contributed by atoms with van der Waals surface area (Å²) in [7, 11) is -1.04. The third-order valence-electron chi connectivity index (χ3n) is 3.96. The Hall–Kier alpha value is -0.130. The van der Waals surface area contributed by atoms with Crippen LogP contribution in [0.5, 0.6) is 0 Å². The van der Waals surface area contributed by atoms with Crippen molar-refractivity contribution in [3.05, 3.63) is 0 Å². The van der Waals surface area contributed by atoms with Gasteiger partial charge in [-0.05, 0) is 45.6 Å². The van der Waals surface area contributed by atoms with Crippen LogP contribution in [-0.2, 0) is 10.0 Å². The smallest absolute Gasteiger partial charge is 0.214 e. The van der Waals surface area contributed by atoms with E-state index in [9.17, 15) is 8.42 Å². The molecule has 2 aliphatic carbocycles. The van der Waals surface area contributed by atoms with Crippen molar-refractivity contribution >= 4 is 10.0 Å². The van der Waals surface area contributed by atoms with Crippen LogP contribution in [0.3, 0.4) is 0 Å². The summed E-state index contributed by atoms with van der Waals surface area (Å²) in [5, 5.41) is 3.15. The molecule has 2 N–H and O–H groups in total. The van der Waals surface area contributed by atoms with Crippen molar-refractivity contribution in [1.82, 2.24) is 10.0 Å². The molecular formula is C11H22N2O2S. The van der Waals surface area contributed by atoms with Crippen molar-refractivity contribution in [2.75, 3.05) is 7.05 Å². The Morgan fingerprint density at radius 3 is 1.94 bits per heavy atom. The molecule has 0 spiro atoms. The van der Waals surface area contributed by atoms with E-state index in [1.54, 1.807) is 0 Å². The zero-order chi connectivity index (χ0) is 11.6. The van der Waals surface area contributed by atoms with Crippen molar-refractivity contribution in [1.29, 1.82) is 0 Å². The fraction of sp³-hybridized carbons (Fsp3) is 1.00. The number of sulfonamides is 1. The summed E-state index contributed by atoms with van der Waals surface area (Å²) in [4.78, 5) is 0. The summed E-state index contributed by atoms with van der Waals surface area (Å²) in [5.41, 5.74) is 0. The van der Waals surface area contributed by atoms with Gasteiger partial charge in [-0.25, -0.2) is 13.1 Å². The molecule has 5 heteroatoms. The van der Waals surface area contributed by atoms with E-state index in [4.69, 9.17) is 0 Å². The first-order chi connectivity index (χ1) is 7.62. The van der Waals surface area contributed by atoms with Crippen LogP contribution in [0.2, 0.25) is 0 Å². The molecule has 0 aromatic rings. The Kier molecular flexibility index (Phi) is 3.87. The summed E-state index contributed by atoms with van der Waals surface area (Å²) >= 11 is 0. The molecule has 94 valence electrons. The zero-order valence-corrected chi connectivity index (χ0v) is 10.7. The van der Waals surface area contributed by atoms with E-state index in [-0.39, 0.29) is 11.3 Å². The fourth-order valence-corrected chi connectivity index (χ4v) is 4.36. The minimum atomic E-state index is -3.02. The first kappa shape index (κ1) is 12.3. The van der Waals surface area contributed by atoms with Crippen LogP contribution < -0.4 is 10.0 Å². The summed E-state index contributed by atoms with van der Waals surface area (Å²) in [6.07, 6.45) is 6.86. The largest absolute Gasteiger partial charge is 0.317 e. The second kappa shape index (κ2) is 5.02. The second-order valence-electron chi connectivity index (χ2n) is 5.05. The molecule has 0 aliphatic heterocycles. The minimum absolute atomic E-state index is 0.102. The maximum absolute atomic E-state index is 11.9. The monoisotopic (exact) mass is 246 g/mol. The lowest BCUT2D eigenvalue weighted by Crippen LogP contribution is -2.46. The molecule has 0 saturated heterocycles. The number of hydrogen-bond acceptors (Lipinski definition) is 3.